The van der Waals surface area contributed by atoms with Crippen LogP contribution in [0.25, 0.3) is 0 Å². The lowest BCUT2D eigenvalue weighted by atomic mass is 10.2. The van der Waals surface area contributed by atoms with Crippen LogP contribution in [0.3, 0.4) is 0 Å². The van der Waals surface area contributed by atoms with Crippen molar-refractivity contribution in [2.24, 2.45) is 0 Å². The molecule has 0 aliphatic heterocycles. The Balaban J connectivity index is 2.62. The molecule has 1 aromatic heterocycles. The van der Waals surface area contributed by atoms with Gasteiger partial charge in [-0.15, -0.1) is 0 Å². The monoisotopic (exact) mass is 221 g/mol. The Bertz CT molecular complexity index is 339. The molecule has 0 fully saturated rings. The van der Waals surface area contributed by atoms with Crippen LogP contribution >= 0.6 is 0 Å². The molecule has 1 heterocycles. The fourth-order valence-electron chi connectivity index (χ4n) is 1.26. The third-order valence-electron chi connectivity index (χ3n) is 2.11. The molecule has 0 aromatic carbocycles. The molecule has 0 aliphatic rings. The molecular formula is C12H19N3O. The van der Waals surface area contributed by atoms with Crippen LogP contribution in [0.15, 0.2) is 18.3 Å². The molecule has 4 heteroatoms. The molecule has 0 radical (unpaired) electrons. The van der Waals surface area contributed by atoms with E-state index in [1.165, 1.54) is 0 Å². The number of rotatable bonds is 6. The first kappa shape index (κ1) is 12.5. The van der Waals surface area contributed by atoms with Crippen molar-refractivity contribution in [1.29, 1.82) is 0 Å². The number of carbonyl (C=O) groups is 1. The van der Waals surface area contributed by atoms with E-state index in [1.54, 1.807) is 18.3 Å². The topological polar surface area (TPSA) is 54.0 Å². The van der Waals surface area contributed by atoms with Gasteiger partial charge in [-0.1, -0.05) is 13.8 Å². The normalized spacial score (nSPS) is 9.88. The molecule has 0 aliphatic carbocycles. The minimum absolute atomic E-state index is 0.0381. The number of nitrogens with zero attached hydrogens (tertiary/aromatic N) is 1. The zero-order chi connectivity index (χ0) is 11.8. The standard InChI is InChI=1S/C12H19N3O/c1-3-6-13-11-9-10(5-8-14-11)12(16)15-7-4-2/h5,8-9H,3-4,6-7H2,1-2H3,(H,13,14)(H,15,16). The van der Waals surface area contributed by atoms with Gasteiger partial charge in [-0.3, -0.25) is 4.79 Å². The number of hydrogen-bond donors (Lipinski definition) is 2. The maximum atomic E-state index is 11.7. The third kappa shape index (κ3) is 3.88. The Hall–Kier alpha value is -1.58. The molecule has 0 bridgehead atoms. The first-order valence-corrected chi connectivity index (χ1v) is 5.76. The average Bonchev–Trinajstić information content (AvgIpc) is 2.33. The molecule has 2 N–H and O–H groups in total. The fourth-order valence-corrected chi connectivity index (χ4v) is 1.26. The van der Waals surface area contributed by atoms with Crippen molar-refractivity contribution in [2.75, 3.05) is 18.4 Å². The number of anilines is 1. The quantitative estimate of drug-likeness (QED) is 0.773. The number of amides is 1. The fraction of sp³-hybridized carbons (Fsp3) is 0.500. The second-order valence-corrected chi connectivity index (χ2v) is 3.61. The van der Waals surface area contributed by atoms with E-state index in [9.17, 15) is 4.79 Å². The van der Waals surface area contributed by atoms with Crippen LogP contribution in [-0.2, 0) is 0 Å². The predicted octanol–water partition coefficient (Wildman–Crippen LogP) is 2.04. The van der Waals surface area contributed by atoms with Crippen LogP contribution in [0.2, 0.25) is 0 Å². The summed E-state index contributed by atoms with van der Waals surface area (Å²) in [7, 11) is 0. The van der Waals surface area contributed by atoms with E-state index in [2.05, 4.69) is 22.5 Å². The Kier molecular flexibility index (Phi) is 5.32. The van der Waals surface area contributed by atoms with Crippen molar-refractivity contribution >= 4 is 11.7 Å². The summed E-state index contributed by atoms with van der Waals surface area (Å²) in [6.07, 6.45) is 3.63. The van der Waals surface area contributed by atoms with Gasteiger partial charge < -0.3 is 10.6 Å². The van der Waals surface area contributed by atoms with Gasteiger partial charge in [0.2, 0.25) is 0 Å². The lowest BCUT2D eigenvalue weighted by molar-refractivity contribution is 0.0953. The molecule has 1 aromatic rings. The molecular weight excluding hydrogens is 202 g/mol. The van der Waals surface area contributed by atoms with E-state index >= 15 is 0 Å². The molecule has 0 unspecified atom stereocenters. The van der Waals surface area contributed by atoms with Crippen LogP contribution in [0.1, 0.15) is 37.0 Å². The lowest BCUT2D eigenvalue weighted by Crippen LogP contribution is -2.24. The molecule has 1 rings (SSSR count). The summed E-state index contributed by atoms with van der Waals surface area (Å²) >= 11 is 0. The number of aromatic nitrogens is 1. The molecule has 0 atom stereocenters. The maximum absolute atomic E-state index is 11.7. The van der Waals surface area contributed by atoms with Gasteiger partial charge in [-0.25, -0.2) is 4.98 Å². The highest BCUT2D eigenvalue weighted by Gasteiger charge is 2.05. The summed E-state index contributed by atoms with van der Waals surface area (Å²) in [5.74, 6) is 0.717. The SMILES string of the molecule is CCCNC(=O)c1ccnc(NCCC)c1. The van der Waals surface area contributed by atoms with Crippen molar-refractivity contribution < 1.29 is 4.79 Å². The lowest BCUT2D eigenvalue weighted by Gasteiger charge is -2.06. The second-order valence-electron chi connectivity index (χ2n) is 3.61. The third-order valence-corrected chi connectivity index (χ3v) is 2.11. The van der Waals surface area contributed by atoms with Crippen molar-refractivity contribution in [3.05, 3.63) is 23.9 Å². The Morgan fingerprint density at radius 1 is 1.31 bits per heavy atom. The molecule has 0 spiro atoms. The second kappa shape index (κ2) is 6.82. The van der Waals surface area contributed by atoms with E-state index < -0.39 is 0 Å². The van der Waals surface area contributed by atoms with Gasteiger partial charge >= 0.3 is 0 Å². The van der Waals surface area contributed by atoms with Crippen molar-refractivity contribution in [2.45, 2.75) is 26.7 Å². The van der Waals surface area contributed by atoms with Crippen LogP contribution in [0.4, 0.5) is 5.82 Å². The minimum Gasteiger partial charge on any atom is -0.370 e. The summed E-state index contributed by atoms with van der Waals surface area (Å²) in [6, 6.07) is 3.50. The number of hydrogen-bond acceptors (Lipinski definition) is 3. The molecule has 0 saturated carbocycles. The van der Waals surface area contributed by atoms with Gasteiger partial charge in [0.1, 0.15) is 5.82 Å². The van der Waals surface area contributed by atoms with Gasteiger partial charge in [0.25, 0.3) is 5.91 Å². The highest BCUT2D eigenvalue weighted by molar-refractivity contribution is 5.94. The average molecular weight is 221 g/mol. The molecule has 88 valence electrons. The Morgan fingerprint density at radius 3 is 2.75 bits per heavy atom. The first-order chi connectivity index (χ1) is 7.77. The van der Waals surface area contributed by atoms with Gasteiger partial charge in [0, 0.05) is 24.8 Å². The predicted molar refractivity (Wildman–Crippen MR) is 65.6 cm³/mol. The summed E-state index contributed by atoms with van der Waals surface area (Å²) in [6.45, 7) is 5.69. The Labute approximate surface area is 96.5 Å². The van der Waals surface area contributed by atoms with Crippen LogP contribution in [0.5, 0.6) is 0 Å². The van der Waals surface area contributed by atoms with Gasteiger partial charge in [-0.2, -0.15) is 0 Å². The van der Waals surface area contributed by atoms with Gasteiger partial charge in [0.15, 0.2) is 0 Å². The molecule has 16 heavy (non-hydrogen) atoms. The molecule has 1 amide bonds. The van der Waals surface area contributed by atoms with Crippen LogP contribution in [0, 0.1) is 0 Å². The zero-order valence-corrected chi connectivity index (χ0v) is 9.92. The van der Waals surface area contributed by atoms with Crippen molar-refractivity contribution in [3.8, 4) is 0 Å². The molecule has 0 saturated heterocycles. The van der Waals surface area contributed by atoms with Crippen molar-refractivity contribution in [1.82, 2.24) is 10.3 Å². The summed E-state index contributed by atoms with van der Waals surface area (Å²) in [5, 5.41) is 5.99. The molecule has 4 nitrogen and oxygen atoms in total. The van der Waals surface area contributed by atoms with E-state index in [1.807, 2.05) is 6.92 Å². The highest BCUT2D eigenvalue weighted by Crippen LogP contribution is 2.06. The summed E-state index contributed by atoms with van der Waals surface area (Å²) < 4.78 is 0. The number of pyridine rings is 1. The largest absolute Gasteiger partial charge is 0.370 e. The zero-order valence-electron chi connectivity index (χ0n) is 9.92. The summed E-state index contributed by atoms with van der Waals surface area (Å²) in [5.41, 5.74) is 0.655. The summed E-state index contributed by atoms with van der Waals surface area (Å²) in [4.78, 5) is 15.8. The maximum Gasteiger partial charge on any atom is 0.251 e. The van der Waals surface area contributed by atoms with E-state index in [4.69, 9.17) is 0 Å². The van der Waals surface area contributed by atoms with Gasteiger partial charge in [0.05, 0.1) is 0 Å². The first-order valence-electron chi connectivity index (χ1n) is 5.76. The van der Waals surface area contributed by atoms with Crippen LogP contribution in [-0.4, -0.2) is 24.0 Å². The number of nitrogens with one attached hydrogen (secondary N) is 2. The van der Waals surface area contributed by atoms with E-state index in [-0.39, 0.29) is 5.91 Å². The highest BCUT2D eigenvalue weighted by atomic mass is 16.1. The van der Waals surface area contributed by atoms with E-state index in [0.717, 1.165) is 25.2 Å². The number of carbonyl (C=O) groups excluding carboxylic acids is 1. The van der Waals surface area contributed by atoms with Crippen LogP contribution < -0.4 is 10.6 Å². The van der Waals surface area contributed by atoms with Gasteiger partial charge in [-0.05, 0) is 25.0 Å². The van der Waals surface area contributed by atoms with Crippen molar-refractivity contribution in [3.63, 3.8) is 0 Å². The smallest absolute Gasteiger partial charge is 0.251 e. The minimum atomic E-state index is -0.0381. The van der Waals surface area contributed by atoms with E-state index in [0.29, 0.717) is 12.1 Å². The Morgan fingerprint density at radius 2 is 2.06 bits per heavy atom.